The number of nitrogens with one attached hydrogen (secondary N) is 1. The number of carbonyl (C=O) groups excluding carboxylic acids is 1. The third kappa shape index (κ3) is 3.61. The third-order valence-electron chi connectivity index (χ3n) is 1.94. The maximum atomic E-state index is 11.3. The van der Waals surface area contributed by atoms with Crippen molar-refractivity contribution in [2.45, 2.75) is 19.8 Å². The number of carbonyl (C=O) groups is 1. The second-order valence-corrected chi connectivity index (χ2v) is 3.60. The summed E-state index contributed by atoms with van der Waals surface area (Å²) in [7, 11) is 0. The molecule has 78 valence electrons. The van der Waals surface area contributed by atoms with E-state index in [1.54, 1.807) is 12.1 Å². The quantitative estimate of drug-likeness (QED) is 0.855. The first-order chi connectivity index (χ1) is 7.13. The van der Waals surface area contributed by atoms with Gasteiger partial charge in [-0.3, -0.25) is 4.79 Å². The highest BCUT2D eigenvalue weighted by Crippen LogP contribution is 2.20. The molecular weight excluding hydrogens is 212 g/mol. The molecule has 0 aliphatic carbocycles. The van der Waals surface area contributed by atoms with Crippen LogP contribution in [-0.2, 0) is 4.79 Å². The zero-order valence-corrected chi connectivity index (χ0v) is 9.14. The fourth-order valence-corrected chi connectivity index (χ4v) is 1.28. The lowest BCUT2D eigenvalue weighted by atomic mass is 10.2. The van der Waals surface area contributed by atoms with Gasteiger partial charge >= 0.3 is 0 Å². The van der Waals surface area contributed by atoms with Crippen LogP contribution in [-0.4, -0.2) is 5.91 Å². The molecule has 0 bridgehead atoms. The molecule has 0 aromatic heterocycles. The predicted molar refractivity (Wildman–Crippen MR) is 59.7 cm³/mol. The van der Waals surface area contributed by atoms with Crippen molar-refractivity contribution >= 4 is 23.2 Å². The second-order valence-electron chi connectivity index (χ2n) is 3.17. The Bertz CT molecular complexity index is 410. The normalized spacial score (nSPS) is 9.40. The largest absolute Gasteiger partial charge is 0.326 e. The molecule has 1 amide bonds. The molecule has 0 spiro atoms. The van der Waals surface area contributed by atoms with E-state index in [1.807, 2.05) is 19.1 Å². The first-order valence-corrected chi connectivity index (χ1v) is 4.94. The van der Waals surface area contributed by atoms with Gasteiger partial charge in [0.05, 0.1) is 6.07 Å². The molecule has 0 atom stereocenters. The Morgan fingerprint density at radius 1 is 1.60 bits per heavy atom. The summed E-state index contributed by atoms with van der Waals surface area (Å²) in [4.78, 5) is 11.3. The zero-order valence-electron chi connectivity index (χ0n) is 8.38. The van der Waals surface area contributed by atoms with Crippen LogP contribution in [0.4, 0.5) is 5.69 Å². The molecule has 0 saturated carbocycles. The SMILES string of the molecule is Cc1ccc(Cl)cc1NC(=O)CCC#N. The Labute approximate surface area is 93.7 Å². The molecule has 0 saturated heterocycles. The van der Waals surface area contributed by atoms with Crippen LogP contribution in [0.25, 0.3) is 0 Å². The highest BCUT2D eigenvalue weighted by atomic mass is 35.5. The summed E-state index contributed by atoms with van der Waals surface area (Å²) in [6.07, 6.45) is 0.438. The van der Waals surface area contributed by atoms with E-state index in [2.05, 4.69) is 5.32 Å². The Hall–Kier alpha value is -1.53. The fraction of sp³-hybridized carbons (Fsp3) is 0.273. The van der Waals surface area contributed by atoms with Crippen molar-refractivity contribution in [3.63, 3.8) is 0 Å². The van der Waals surface area contributed by atoms with Crippen LogP contribution in [0.1, 0.15) is 18.4 Å². The number of nitrogens with zero attached hydrogens (tertiary/aromatic N) is 1. The second kappa shape index (κ2) is 5.38. The molecule has 3 nitrogen and oxygen atoms in total. The number of benzene rings is 1. The van der Waals surface area contributed by atoms with Crippen molar-refractivity contribution < 1.29 is 4.79 Å². The van der Waals surface area contributed by atoms with Gasteiger partial charge in [-0.1, -0.05) is 17.7 Å². The molecule has 1 rings (SSSR count). The van der Waals surface area contributed by atoms with Crippen molar-refractivity contribution in [2.24, 2.45) is 0 Å². The van der Waals surface area contributed by atoms with E-state index in [4.69, 9.17) is 16.9 Å². The van der Waals surface area contributed by atoms with Crippen LogP contribution >= 0.6 is 11.6 Å². The number of anilines is 1. The minimum atomic E-state index is -0.165. The summed E-state index contributed by atoms with van der Waals surface area (Å²) in [6.45, 7) is 1.89. The van der Waals surface area contributed by atoms with Gasteiger partial charge in [-0.05, 0) is 24.6 Å². The fourth-order valence-electron chi connectivity index (χ4n) is 1.11. The number of halogens is 1. The van der Waals surface area contributed by atoms with Crippen LogP contribution < -0.4 is 5.32 Å². The van der Waals surface area contributed by atoms with Crippen molar-refractivity contribution in [1.29, 1.82) is 5.26 Å². The average Bonchev–Trinajstić information content (AvgIpc) is 2.20. The lowest BCUT2D eigenvalue weighted by Crippen LogP contribution is -2.11. The maximum Gasteiger partial charge on any atom is 0.225 e. The minimum Gasteiger partial charge on any atom is -0.326 e. The molecule has 4 heteroatoms. The summed E-state index contributed by atoms with van der Waals surface area (Å²) in [5.74, 6) is -0.165. The molecule has 0 fully saturated rings. The number of hydrogen-bond acceptors (Lipinski definition) is 2. The van der Waals surface area contributed by atoms with Gasteiger partial charge in [0, 0.05) is 23.6 Å². The van der Waals surface area contributed by atoms with Crippen LogP contribution in [0.3, 0.4) is 0 Å². The van der Waals surface area contributed by atoms with E-state index in [-0.39, 0.29) is 18.7 Å². The maximum absolute atomic E-state index is 11.3. The number of rotatable bonds is 3. The van der Waals surface area contributed by atoms with E-state index in [0.717, 1.165) is 5.56 Å². The number of hydrogen-bond donors (Lipinski definition) is 1. The van der Waals surface area contributed by atoms with E-state index < -0.39 is 0 Å². The first-order valence-electron chi connectivity index (χ1n) is 4.56. The van der Waals surface area contributed by atoms with Crippen molar-refractivity contribution in [1.82, 2.24) is 0 Å². The van der Waals surface area contributed by atoms with Crippen molar-refractivity contribution in [3.8, 4) is 6.07 Å². The van der Waals surface area contributed by atoms with Crippen molar-refractivity contribution in [2.75, 3.05) is 5.32 Å². The molecule has 0 heterocycles. The van der Waals surface area contributed by atoms with E-state index >= 15 is 0 Å². The minimum absolute atomic E-state index is 0.165. The Balaban J connectivity index is 2.68. The van der Waals surface area contributed by atoms with Gasteiger partial charge in [0.2, 0.25) is 5.91 Å². The van der Waals surface area contributed by atoms with Crippen molar-refractivity contribution in [3.05, 3.63) is 28.8 Å². The van der Waals surface area contributed by atoms with Gasteiger partial charge in [0.1, 0.15) is 0 Å². The Morgan fingerprint density at radius 2 is 2.33 bits per heavy atom. The molecule has 0 radical (unpaired) electrons. The predicted octanol–water partition coefficient (Wildman–Crippen LogP) is 2.89. The number of aryl methyl sites for hydroxylation is 1. The third-order valence-corrected chi connectivity index (χ3v) is 2.17. The first kappa shape index (κ1) is 11.5. The summed E-state index contributed by atoms with van der Waals surface area (Å²) < 4.78 is 0. The molecule has 0 unspecified atom stereocenters. The van der Waals surface area contributed by atoms with E-state index in [1.165, 1.54) is 0 Å². The lowest BCUT2D eigenvalue weighted by Gasteiger charge is -2.07. The van der Waals surface area contributed by atoms with Gasteiger partial charge in [0.25, 0.3) is 0 Å². The topological polar surface area (TPSA) is 52.9 Å². The lowest BCUT2D eigenvalue weighted by molar-refractivity contribution is -0.116. The highest BCUT2D eigenvalue weighted by molar-refractivity contribution is 6.31. The van der Waals surface area contributed by atoms with Gasteiger partial charge < -0.3 is 5.32 Å². The molecule has 15 heavy (non-hydrogen) atoms. The Kier molecular flexibility index (Phi) is 4.14. The monoisotopic (exact) mass is 222 g/mol. The average molecular weight is 223 g/mol. The van der Waals surface area contributed by atoms with Crippen LogP contribution in [0, 0.1) is 18.3 Å². The van der Waals surface area contributed by atoms with E-state index in [0.29, 0.717) is 10.7 Å². The summed E-state index contributed by atoms with van der Waals surface area (Å²) >= 11 is 5.80. The summed E-state index contributed by atoms with van der Waals surface area (Å²) in [5, 5.41) is 11.6. The summed E-state index contributed by atoms with van der Waals surface area (Å²) in [5.41, 5.74) is 1.65. The smallest absolute Gasteiger partial charge is 0.225 e. The zero-order chi connectivity index (χ0) is 11.3. The van der Waals surface area contributed by atoms with Crippen LogP contribution in [0.15, 0.2) is 18.2 Å². The molecule has 0 aliphatic rings. The summed E-state index contributed by atoms with van der Waals surface area (Å²) in [6, 6.07) is 7.22. The van der Waals surface area contributed by atoms with Gasteiger partial charge in [-0.2, -0.15) is 5.26 Å². The number of nitriles is 1. The van der Waals surface area contributed by atoms with Crippen LogP contribution in [0.2, 0.25) is 5.02 Å². The van der Waals surface area contributed by atoms with Gasteiger partial charge in [0.15, 0.2) is 0 Å². The molecule has 1 aromatic carbocycles. The Morgan fingerprint density at radius 3 is 3.00 bits per heavy atom. The van der Waals surface area contributed by atoms with Crippen LogP contribution in [0.5, 0.6) is 0 Å². The number of amides is 1. The molecule has 0 aliphatic heterocycles. The highest BCUT2D eigenvalue weighted by Gasteiger charge is 2.04. The molecular formula is C11H11ClN2O. The molecule has 1 N–H and O–H groups in total. The standard InChI is InChI=1S/C11H11ClN2O/c1-8-4-5-9(12)7-10(8)14-11(15)3-2-6-13/h4-5,7H,2-3H2,1H3,(H,14,15). The van der Waals surface area contributed by atoms with Gasteiger partial charge in [-0.25, -0.2) is 0 Å². The van der Waals surface area contributed by atoms with Gasteiger partial charge in [-0.15, -0.1) is 0 Å². The molecule has 1 aromatic rings. The van der Waals surface area contributed by atoms with E-state index in [9.17, 15) is 4.79 Å².